The van der Waals surface area contributed by atoms with E-state index in [1.165, 1.54) is 35.3 Å². The Morgan fingerprint density at radius 3 is 2.40 bits per heavy atom. The van der Waals surface area contributed by atoms with Crippen molar-refractivity contribution < 1.29 is 0 Å². The smallest absolute Gasteiger partial charge is 0.0436 e. The zero-order valence-electron chi connectivity index (χ0n) is 10.5. The second kappa shape index (κ2) is 3.26. The number of rotatable bonds is 0. The number of anilines is 1. The Morgan fingerprint density at radius 2 is 1.80 bits per heavy atom. The minimum Gasteiger partial charge on any atom is -0.366 e. The molecule has 1 aliphatic heterocycles. The summed E-state index contributed by atoms with van der Waals surface area (Å²) < 4.78 is 0. The Bertz CT molecular complexity index is 385. The molecular weight excluding hydrogens is 182 g/mol. The summed E-state index contributed by atoms with van der Waals surface area (Å²) in [6, 6.07) is 4.55. The van der Waals surface area contributed by atoms with Gasteiger partial charge in [-0.1, -0.05) is 12.1 Å². The summed E-state index contributed by atoms with van der Waals surface area (Å²) in [4.78, 5) is 2.55. The minimum absolute atomic E-state index is 0.240. The molecule has 0 atom stereocenters. The van der Waals surface area contributed by atoms with Crippen molar-refractivity contribution in [2.75, 3.05) is 11.4 Å². The molecule has 1 aliphatic rings. The Balaban J connectivity index is 2.54. The van der Waals surface area contributed by atoms with E-state index in [2.05, 4.69) is 51.7 Å². The molecular formula is C14H21N. The van der Waals surface area contributed by atoms with Crippen LogP contribution in [0.15, 0.2) is 12.1 Å². The highest BCUT2D eigenvalue weighted by molar-refractivity contribution is 5.66. The van der Waals surface area contributed by atoms with Gasteiger partial charge in [0.1, 0.15) is 0 Å². The van der Waals surface area contributed by atoms with Gasteiger partial charge in [-0.3, -0.25) is 0 Å². The van der Waals surface area contributed by atoms with Crippen LogP contribution in [0.3, 0.4) is 0 Å². The fourth-order valence-electron chi connectivity index (χ4n) is 2.45. The molecule has 0 bridgehead atoms. The van der Waals surface area contributed by atoms with Crippen molar-refractivity contribution in [1.29, 1.82) is 0 Å². The average molecular weight is 203 g/mol. The fourth-order valence-corrected chi connectivity index (χ4v) is 2.45. The van der Waals surface area contributed by atoms with Crippen molar-refractivity contribution in [3.8, 4) is 0 Å². The Kier molecular flexibility index (Phi) is 2.29. The molecule has 0 fully saturated rings. The summed E-state index contributed by atoms with van der Waals surface area (Å²) in [5, 5.41) is 0. The van der Waals surface area contributed by atoms with Gasteiger partial charge in [0, 0.05) is 17.8 Å². The van der Waals surface area contributed by atoms with Crippen molar-refractivity contribution in [1.82, 2.24) is 0 Å². The van der Waals surface area contributed by atoms with Gasteiger partial charge in [-0.15, -0.1) is 0 Å². The number of hydrogen-bond donors (Lipinski definition) is 0. The molecule has 0 aromatic heterocycles. The number of nitrogens with zero attached hydrogens (tertiary/aromatic N) is 1. The first-order valence-electron chi connectivity index (χ1n) is 5.78. The average Bonchev–Trinajstić information content (AvgIpc) is 2.54. The Morgan fingerprint density at radius 1 is 1.13 bits per heavy atom. The van der Waals surface area contributed by atoms with Crippen molar-refractivity contribution >= 4 is 5.69 Å². The zero-order valence-corrected chi connectivity index (χ0v) is 10.5. The predicted octanol–water partition coefficient (Wildman–Crippen LogP) is 3.46. The van der Waals surface area contributed by atoms with Gasteiger partial charge in [0.05, 0.1) is 0 Å². The molecule has 0 saturated carbocycles. The van der Waals surface area contributed by atoms with Crippen molar-refractivity contribution in [3.63, 3.8) is 0 Å². The molecule has 1 heteroatoms. The van der Waals surface area contributed by atoms with E-state index in [1.54, 1.807) is 0 Å². The SMILES string of the molecule is Cc1ccc2c(c1C)N(C(C)(C)C)CC2. The molecule has 1 aromatic carbocycles. The number of benzene rings is 1. The first-order valence-corrected chi connectivity index (χ1v) is 5.78. The topological polar surface area (TPSA) is 3.24 Å². The molecule has 0 N–H and O–H groups in total. The third-order valence-electron chi connectivity index (χ3n) is 3.47. The quantitative estimate of drug-likeness (QED) is 0.624. The van der Waals surface area contributed by atoms with Gasteiger partial charge in [-0.2, -0.15) is 0 Å². The monoisotopic (exact) mass is 203 g/mol. The Hall–Kier alpha value is -0.980. The molecule has 0 spiro atoms. The van der Waals surface area contributed by atoms with Crippen LogP contribution >= 0.6 is 0 Å². The van der Waals surface area contributed by atoms with Gasteiger partial charge in [0.2, 0.25) is 0 Å². The third kappa shape index (κ3) is 1.64. The minimum atomic E-state index is 0.240. The molecule has 0 saturated heterocycles. The summed E-state index contributed by atoms with van der Waals surface area (Å²) in [6.07, 6.45) is 1.20. The molecule has 1 nitrogen and oxygen atoms in total. The van der Waals surface area contributed by atoms with Crippen LogP contribution in [0.1, 0.15) is 37.5 Å². The maximum atomic E-state index is 2.55. The van der Waals surface area contributed by atoms with Gasteiger partial charge >= 0.3 is 0 Å². The van der Waals surface area contributed by atoms with Crippen molar-refractivity contribution in [3.05, 3.63) is 28.8 Å². The van der Waals surface area contributed by atoms with Crippen LogP contribution in [0.25, 0.3) is 0 Å². The Labute approximate surface area is 93.1 Å². The first-order chi connectivity index (χ1) is 6.91. The molecule has 0 unspecified atom stereocenters. The van der Waals surface area contributed by atoms with Crippen LogP contribution in [0.4, 0.5) is 5.69 Å². The van der Waals surface area contributed by atoms with Gasteiger partial charge < -0.3 is 4.90 Å². The maximum absolute atomic E-state index is 2.55. The number of aryl methyl sites for hydroxylation is 1. The highest BCUT2D eigenvalue weighted by Crippen LogP contribution is 2.37. The molecule has 82 valence electrons. The summed E-state index contributed by atoms with van der Waals surface area (Å²) in [7, 11) is 0. The summed E-state index contributed by atoms with van der Waals surface area (Å²) >= 11 is 0. The predicted molar refractivity (Wildman–Crippen MR) is 66.7 cm³/mol. The molecule has 15 heavy (non-hydrogen) atoms. The lowest BCUT2D eigenvalue weighted by atomic mass is 10.0. The van der Waals surface area contributed by atoms with E-state index in [0.717, 1.165) is 0 Å². The lowest BCUT2D eigenvalue weighted by molar-refractivity contribution is 0.517. The normalized spacial score (nSPS) is 15.7. The van der Waals surface area contributed by atoms with Crippen LogP contribution in [0.2, 0.25) is 0 Å². The lowest BCUT2D eigenvalue weighted by Crippen LogP contribution is -2.40. The van der Waals surface area contributed by atoms with Crippen LogP contribution in [-0.4, -0.2) is 12.1 Å². The van der Waals surface area contributed by atoms with Gasteiger partial charge in [0.15, 0.2) is 0 Å². The largest absolute Gasteiger partial charge is 0.366 e. The van der Waals surface area contributed by atoms with Crippen LogP contribution in [0.5, 0.6) is 0 Å². The van der Waals surface area contributed by atoms with E-state index >= 15 is 0 Å². The fraction of sp³-hybridized carbons (Fsp3) is 0.571. The van der Waals surface area contributed by atoms with E-state index in [1.807, 2.05) is 0 Å². The molecule has 0 amide bonds. The zero-order chi connectivity index (χ0) is 11.2. The van der Waals surface area contributed by atoms with E-state index < -0.39 is 0 Å². The lowest BCUT2D eigenvalue weighted by Gasteiger charge is -2.35. The molecule has 1 aromatic rings. The molecule has 1 heterocycles. The molecule has 2 rings (SSSR count). The van der Waals surface area contributed by atoms with Crippen molar-refractivity contribution in [2.24, 2.45) is 0 Å². The molecule has 0 aliphatic carbocycles. The van der Waals surface area contributed by atoms with Gasteiger partial charge in [-0.25, -0.2) is 0 Å². The number of hydrogen-bond acceptors (Lipinski definition) is 1. The third-order valence-corrected chi connectivity index (χ3v) is 3.47. The molecule has 0 radical (unpaired) electrons. The standard InChI is InChI=1S/C14H21N/c1-10-6-7-12-8-9-15(14(3,4)5)13(12)11(10)2/h6-7H,8-9H2,1-5H3. The second-order valence-electron chi connectivity index (χ2n) is 5.59. The number of fused-ring (bicyclic) bond motifs is 1. The summed E-state index contributed by atoms with van der Waals surface area (Å²) in [5.41, 5.74) is 6.12. The summed E-state index contributed by atoms with van der Waals surface area (Å²) in [6.45, 7) is 12.5. The highest BCUT2D eigenvalue weighted by atomic mass is 15.2. The van der Waals surface area contributed by atoms with E-state index in [9.17, 15) is 0 Å². The highest BCUT2D eigenvalue weighted by Gasteiger charge is 2.29. The van der Waals surface area contributed by atoms with E-state index in [0.29, 0.717) is 0 Å². The first kappa shape index (κ1) is 10.5. The van der Waals surface area contributed by atoms with Crippen LogP contribution < -0.4 is 4.90 Å². The van der Waals surface area contributed by atoms with Crippen LogP contribution in [-0.2, 0) is 6.42 Å². The second-order valence-corrected chi connectivity index (χ2v) is 5.59. The van der Waals surface area contributed by atoms with Gasteiger partial charge in [0.25, 0.3) is 0 Å². The van der Waals surface area contributed by atoms with Crippen LogP contribution in [0, 0.1) is 13.8 Å². The maximum Gasteiger partial charge on any atom is 0.0436 e. The van der Waals surface area contributed by atoms with Gasteiger partial charge in [-0.05, 0) is 57.7 Å². The van der Waals surface area contributed by atoms with E-state index in [-0.39, 0.29) is 5.54 Å². The van der Waals surface area contributed by atoms with Crippen molar-refractivity contribution in [2.45, 2.75) is 46.6 Å². The summed E-state index contributed by atoms with van der Waals surface area (Å²) in [5.74, 6) is 0. The van der Waals surface area contributed by atoms with E-state index in [4.69, 9.17) is 0 Å².